The molecule has 2 atom stereocenters. The summed E-state index contributed by atoms with van der Waals surface area (Å²) in [6.45, 7) is 13.1. The lowest BCUT2D eigenvalue weighted by atomic mass is 9.97. The number of aliphatic imine (C=N–C) groups is 1. The van der Waals surface area contributed by atoms with Crippen molar-refractivity contribution in [2.24, 2.45) is 10.9 Å². The molecule has 0 bridgehead atoms. The Hall–Kier alpha value is -1.63. The highest BCUT2D eigenvalue weighted by atomic mass is 16.5. The minimum absolute atomic E-state index is 0.166. The molecule has 0 saturated carbocycles. The molecule has 0 amide bonds. The van der Waals surface area contributed by atoms with Gasteiger partial charge in [-0.1, -0.05) is 38.3 Å². The molecule has 0 aliphatic rings. The van der Waals surface area contributed by atoms with Crippen molar-refractivity contribution < 1.29 is 9.26 Å². The Morgan fingerprint density at radius 1 is 1.15 bits per heavy atom. The van der Waals surface area contributed by atoms with E-state index in [4.69, 9.17) is 9.26 Å². The highest BCUT2D eigenvalue weighted by Gasteiger charge is 2.14. The van der Waals surface area contributed by atoms with E-state index in [1.54, 1.807) is 0 Å². The number of ether oxygens (including phenoxy) is 1. The zero-order chi connectivity index (χ0) is 19.2. The zero-order valence-electron chi connectivity index (χ0n) is 17.2. The van der Waals surface area contributed by atoms with E-state index in [0.29, 0.717) is 30.8 Å². The molecule has 1 heterocycles. The number of rotatable bonds is 13. The van der Waals surface area contributed by atoms with Gasteiger partial charge in [0.25, 0.3) is 0 Å². The summed E-state index contributed by atoms with van der Waals surface area (Å²) in [6, 6.07) is 0. The van der Waals surface area contributed by atoms with E-state index in [-0.39, 0.29) is 6.10 Å². The van der Waals surface area contributed by atoms with Crippen molar-refractivity contribution in [3.8, 4) is 0 Å². The van der Waals surface area contributed by atoms with Gasteiger partial charge in [0.2, 0.25) is 5.89 Å². The maximum absolute atomic E-state index is 5.48. The summed E-state index contributed by atoms with van der Waals surface area (Å²) in [5, 5.41) is 10.7. The van der Waals surface area contributed by atoms with Crippen LogP contribution in [0.15, 0.2) is 9.52 Å². The minimum atomic E-state index is -0.166. The predicted octanol–water partition coefficient (Wildman–Crippen LogP) is 3.83. The fourth-order valence-corrected chi connectivity index (χ4v) is 2.80. The largest absolute Gasteiger partial charge is 0.371 e. The number of hydrogen-bond donors (Lipinski definition) is 2. The van der Waals surface area contributed by atoms with E-state index >= 15 is 0 Å². The molecule has 7 nitrogen and oxygen atoms in total. The second kappa shape index (κ2) is 13.6. The molecule has 0 aliphatic heterocycles. The van der Waals surface area contributed by atoms with Crippen molar-refractivity contribution in [1.82, 2.24) is 20.8 Å². The molecule has 0 aliphatic carbocycles. The first-order valence-corrected chi connectivity index (χ1v) is 10.1. The van der Waals surface area contributed by atoms with E-state index in [1.807, 2.05) is 13.8 Å². The molecular weight excluding hydrogens is 330 g/mol. The first-order valence-electron chi connectivity index (χ1n) is 10.1. The monoisotopic (exact) mass is 367 g/mol. The van der Waals surface area contributed by atoms with Gasteiger partial charge in [0.15, 0.2) is 11.8 Å². The van der Waals surface area contributed by atoms with Crippen LogP contribution in [0.5, 0.6) is 0 Å². The quantitative estimate of drug-likeness (QED) is 0.407. The number of nitrogens with one attached hydrogen (secondary N) is 2. The van der Waals surface area contributed by atoms with Crippen molar-refractivity contribution in [2.75, 3.05) is 19.7 Å². The second-order valence-corrected chi connectivity index (χ2v) is 6.52. The first kappa shape index (κ1) is 22.4. The van der Waals surface area contributed by atoms with Gasteiger partial charge in [-0.15, -0.1) is 0 Å². The summed E-state index contributed by atoms with van der Waals surface area (Å²) in [4.78, 5) is 8.93. The van der Waals surface area contributed by atoms with Crippen LogP contribution in [0.2, 0.25) is 0 Å². The van der Waals surface area contributed by atoms with Gasteiger partial charge in [0, 0.05) is 19.7 Å². The fourth-order valence-electron chi connectivity index (χ4n) is 2.80. The number of unbranched alkanes of at least 4 members (excludes halogenated alkanes) is 1. The molecule has 0 aromatic carbocycles. The van der Waals surface area contributed by atoms with Crippen molar-refractivity contribution in [3.05, 3.63) is 11.7 Å². The SMILES string of the molecule is CCCCC(CCC)CNC(=NCc1nc(C(C)OCC)no1)NCC. The third-order valence-electron chi connectivity index (χ3n) is 4.20. The lowest BCUT2D eigenvalue weighted by Gasteiger charge is -2.18. The van der Waals surface area contributed by atoms with E-state index in [1.165, 1.54) is 32.1 Å². The molecule has 1 rings (SSSR count). The lowest BCUT2D eigenvalue weighted by Crippen LogP contribution is -2.39. The Kier molecular flexibility index (Phi) is 11.7. The van der Waals surface area contributed by atoms with Gasteiger partial charge in [0.1, 0.15) is 12.6 Å². The van der Waals surface area contributed by atoms with E-state index in [0.717, 1.165) is 19.0 Å². The standard InChI is InChI=1S/C19H37N5O2/c1-6-10-12-16(11-7-2)13-21-19(20-8-3)22-14-17-23-18(24-26-17)15(5)25-9-4/h15-16H,6-14H2,1-5H3,(H2,20,21,22). The number of aromatic nitrogens is 2. The summed E-state index contributed by atoms with van der Waals surface area (Å²) >= 11 is 0. The van der Waals surface area contributed by atoms with Crippen molar-refractivity contribution in [3.63, 3.8) is 0 Å². The van der Waals surface area contributed by atoms with Crippen molar-refractivity contribution in [2.45, 2.75) is 79.4 Å². The highest BCUT2D eigenvalue weighted by Crippen LogP contribution is 2.14. The number of guanidine groups is 1. The van der Waals surface area contributed by atoms with Crippen LogP contribution < -0.4 is 10.6 Å². The molecular formula is C19H37N5O2. The van der Waals surface area contributed by atoms with Crippen molar-refractivity contribution >= 4 is 5.96 Å². The third-order valence-corrected chi connectivity index (χ3v) is 4.20. The molecule has 150 valence electrons. The minimum Gasteiger partial charge on any atom is -0.371 e. The van der Waals surface area contributed by atoms with Crippen LogP contribution in [0, 0.1) is 5.92 Å². The van der Waals surface area contributed by atoms with Crippen LogP contribution in [0.4, 0.5) is 0 Å². The van der Waals surface area contributed by atoms with E-state index in [2.05, 4.69) is 46.5 Å². The molecule has 1 aromatic rings. The second-order valence-electron chi connectivity index (χ2n) is 6.52. The van der Waals surface area contributed by atoms with Crippen molar-refractivity contribution in [1.29, 1.82) is 0 Å². The van der Waals surface area contributed by atoms with Crippen LogP contribution in [-0.2, 0) is 11.3 Å². The summed E-state index contributed by atoms with van der Waals surface area (Å²) in [6.07, 6.45) is 6.08. The van der Waals surface area contributed by atoms with Gasteiger partial charge >= 0.3 is 0 Å². The van der Waals surface area contributed by atoms with Crippen LogP contribution in [-0.4, -0.2) is 35.8 Å². The van der Waals surface area contributed by atoms with Crippen LogP contribution in [0.25, 0.3) is 0 Å². The van der Waals surface area contributed by atoms with Gasteiger partial charge < -0.3 is 19.9 Å². The molecule has 7 heteroatoms. The summed E-state index contributed by atoms with van der Waals surface area (Å²) < 4.78 is 10.8. The normalized spacial score (nSPS) is 14.3. The van der Waals surface area contributed by atoms with E-state index in [9.17, 15) is 0 Å². The van der Waals surface area contributed by atoms with Crippen LogP contribution >= 0.6 is 0 Å². The smallest absolute Gasteiger partial charge is 0.248 e. The molecule has 2 N–H and O–H groups in total. The summed E-state index contributed by atoms with van der Waals surface area (Å²) in [5.74, 6) is 2.55. The van der Waals surface area contributed by atoms with E-state index < -0.39 is 0 Å². The average Bonchev–Trinajstić information content (AvgIpc) is 3.11. The Morgan fingerprint density at radius 3 is 2.62 bits per heavy atom. The predicted molar refractivity (Wildman–Crippen MR) is 105 cm³/mol. The Morgan fingerprint density at radius 2 is 1.96 bits per heavy atom. The Balaban J connectivity index is 2.59. The van der Waals surface area contributed by atoms with Crippen LogP contribution in [0.3, 0.4) is 0 Å². The fraction of sp³-hybridized carbons (Fsp3) is 0.842. The van der Waals surface area contributed by atoms with Gasteiger partial charge in [-0.3, -0.25) is 0 Å². The maximum Gasteiger partial charge on any atom is 0.248 e. The first-order chi connectivity index (χ1) is 12.6. The molecule has 0 fully saturated rings. The van der Waals surface area contributed by atoms with Gasteiger partial charge in [0.05, 0.1) is 0 Å². The molecule has 2 unspecified atom stereocenters. The summed E-state index contributed by atoms with van der Waals surface area (Å²) in [5.41, 5.74) is 0. The number of hydrogen-bond acceptors (Lipinski definition) is 5. The lowest BCUT2D eigenvalue weighted by molar-refractivity contribution is 0.0683. The Bertz CT molecular complexity index is 504. The number of nitrogens with zero attached hydrogens (tertiary/aromatic N) is 3. The highest BCUT2D eigenvalue weighted by molar-refractivity contribution is 5.79. The molecule has 1 aromatic heterocycles. The topological polar surface area (TPSA) is 84.6 Å². The molecule has 0 radical (unpaired) electrons. The molecule has 26 heavy (non-hydrogen) atoms. The van der Waals surface area contributed by atoms with Gasteiger partial charge in [-0.25, -0.2) is 4.99 Å². The molecule has 0 saturated heterocycles. The third kappa shape index (κ3) is 8.65. The average molecular weight is 368 g/mol. The maximum atomic E-state index is 5.48. The zero-order valence-corrected chi connectivity index (χ0v) is 17.2. The molecule has 0 spiro atoms. The van der Waals surface area contributed by atoms with Gasteiger partial charge in [-0.05, 0) is 39.5 Å². The summed E-state index contributed by atoms with van der Waals surface area (Å²) in [7, 11) is 0. The van der Waals surface area contributed by atoms with Gasteiger partial charge in [-0.2, -0.15) is 4.98 Å². The Labute approximate surface area is 158 Å². The van der Waals surface area contributed by atoms with Crippen LogP contribution in [0.1, 0.15) is 84.5 Å².